The van der Waals surface area contributed by atoms with Gasteiger partial charge in [0.25, 0.3) is 5.91 Å². The Kier molecular flexibility index (Phi) is 5.07. The summed E-state index contributed by atoms with van der Waals surface area (Å²) in [6.45, 7) is 4.00. The molecule has 0 spiro atoms. The monoisotopic (exact) mass is 241 g/mol. The van der Waals surface area contributed by atoms with E-state index >= 15 is 0 Å². The molecule has 0 saturated carbocycles. The van der Waals surface area contributed by atoms with Gasteiger partial charge < -0.3 is 5.32 Å². The molecule has 0 aromatic heterocycles. The summed E-state index contributed by atoms with van der Waals surface area (Å²) in [6, 6.07) is 5.83. The standard InChI is InChI=1S/C11H11F2NO.C2H6/c12-8-4-2-1-3-7(8)10-6-5-9(13)11(15)14-10;1-2/h1-4,9-10H,5-6H2,(H,14,15);1-2H3. The summed E-state index contributed by atoms with van der Waals surface area (Å²) in [5, 5.41) is 2.47. The lowest BCUT2D eigenvalue weighted by atomic mass is 9.96. The van der Waals surface area contributed by atoms with Gasteiger partial charge in [-0.05, 0) is 18.9 Å². The van der Waals surface area contributed by atoms with Gasteiger partial charge in [0.2, 0.25) is 0 Å². The van der Waals surface area contributed by atoms with Crippen LogP contribution < -0.4 is 5.32 Å². The average molecular weight is 241 g/mol. The van der Waals surface area contributed by atoms with Crippen molar-refractivity contribution in [2.75, 3.05) is 0 Å². The number of halogens is 2. The zero-order valence-electron chi connectivity index (χ0n) is 10.0. The molecule has 1 aromatic carbocycles. The zero-order chi connectivity index (χ0) is 12.8. The molecule has 1 amide bonds. The van der Waals surface area contributed by atoms with E-state index in [1.54, 1.807) is 18.2 Å². The first-order valence-electron chi connectivity index (χ1n) is 5.87. The molecule has 94 valence electrons. The minimum absolute atomic E-state index is 0.158. The van der Waals surface area contributed by atoms with Crippen LogP contribution in [-0.2, 0) is 4.79 Å². The Morgan fingerprint density at radius 1 is 1.24 bits per heavy atom. The molecule has 1 heterocycles. The highest BCUT2D eigenvalue weighted by molar-refractivity contribution is 5.81. The van der Waals surface area contributed by atoms with E-state index in [0.29, 0.717) is 12.0 Å². The van der Waals surface area contributed by atoms with Crippen LogP contribution in [0.5, 0.6) is 0 Å². The SMILES string of the molecule is CC.O=C1NC(c2ccccc2F)CCC1F. The van der Waals surface area contributed by atoms with Gasteiger partial charge in [0.15, 0.2) is 6.17 Å². The largest absolute Gasteiger partial charge is 0.347 e. The van der Waals surface area contributed by atoms with Gasteiger partial charge in [0.05, 0.1) is 6.04 Å². The second kappa shape index (κ2) is 6.33. The van der Waals surface area contributed by atoms with Gasteiger partial charge in [0.1, 0.15) is 5.82 Å². The number of rotatable bonds is 1. The predicted octanol–water partition coefficient (Wildman–Crippen LogP) is 3.14. The van der Waals surface area contributed by atoms with E-state index < -0.39 is 18.1 Å². The zero-order valence-corrected chi connectivity index (χ0v) is 10.0. The fourth-order valence-corrected chi connectivity index (χ4v) is 1.77. The quantitative estimate of drug-likeness (QED) is 0.804. The Morgan fingerprint density at radius 3 is 2.47 bits per heavy atom. The van der Waals surface area contributed by atoms with Crippen LogP contribution in [0.25, 0.3) is 0 Å². The summed E-state index contributed by atoms with van der Waals surface area (Å²) in [6.07, 6.45) is -0.855. The van der Waals surface area contributed by atoms with Crippen LogP contribution in [0, 0.1) is 5.82 Å². The molecule has 1 aromatic rings. The first-order chi connectivity index (χ1) is 8.18. The van der Waals surface area contributed by atoms with Crippen molar-refractivity contribution in [2.45, 2.75) is 38.9 Å². The molecule has 4 heteroatoms. The third-order valence-corrected chi connectivity index (χ3v) is 2.59. The number of amides is 1. The minimum atomic E-state index is -1.45. The number of carbonyl (C=O) groups excluding carboxylic acids is 1. The highest BCUT2D eigenvalue weighted by Crippen LogP contribution is 2.26. The lowest BCUT2D eigenvalue weighted by molar-refractivity contribution is -0.129. The van der Waals surface area contributed by atoms with E-state index in [9.17, 15) is 13.6 Å². The fraction of sp³-hybridized carbons (Fsp3) is 0.462. The number of hydrogen-bond donors (Lipinski definition) is 1. The molecule has 2 nitrogen and oxygen atoms in total. The van der Waals surface area contributed by atoms with Crippen molar-refractivity contribution < 1.29 is 13.6 Å². The molecule has 1 fully saturated rings. The number of hydrogen-bond acceptors (Lipinski definition) is 1. The van der Waals surface area contributed by atoms with E-state index in [4.69, 9.17) is 0 Å². The molecule has 2 unspecified atom stereocenters. The molecule has 2 rings (SSSR count). The summed E-state index contributed by atoms with van der Waals surface area (Å²) < 4.78 is 26.2. The average Bonchev–Trinajstić information content (AvgIpc) is 2.36. The van der Waals surface area contributed by atoms with Crippen molar-refractivity contribution in [3.8, 4) is 0 Å². The first-order valence-corrected chi connectivity index (χ1v) is 5.87. The van der Waals surface area contributed by atoms with Crippen LogP contribution in [0.1, 0.15) is 38.3 Å². The normalized spacial score (nSPS) is 23.4. The topological polar surface area (TPSA) is 29.1 Å². The second-order valence-electron chi connectivity index (χ2n) is 3.63. The van der Waals surface area contributed by atoms with Crippen LogP contribution in [0.3, 0.4) is 0 Å². The number of carbonyl (C=O) groups is 1. The highest BCUT2D eigenvalue weighted by Gasteiger charge is 2.29. The molecule has 1 saturated heterocycles. The van der Waals surface area contributed by atoms with Crippen molar-refractivity contribution in [1.29, 1.82) is 0 Å². The summed E-state index contributed by atoms with van der Waals surface area (Å²) in [5.74, 6) is -1.00. The summed E-state index contributed by atoms with van der Waals surface area (Å²) >= 11 is 0. The van der Waals surface area contributed by atoms with Gasteiger partial charge in [0, 0.05) is 5.56 Å². The van der Waals surface area contributed by atoms with Crippen molar-refractivity contribution >= 4 is 5.91 Å². The Balaban J connectivity index is 0.000000686. The van der Waals surface area contributed by atoms with Crippen LogP contribution in [0.2, 0.25) is 0 Å². The van der Waals surface area contributed by atoms with Crippen LogP contribution in [-0.4, -0.2) is 12.1 Å². The summed E-state index contributed by atoms with van der Waals surface area (Å²) in [4.78, 5) is 11.1. The summed E-state index contributed by atoms with van der Waals surface area (Å²) in [7, 11) is 0. The molecular weight excluding hydrogens is 224 g/mol. The number of piperidine rings is 1. The van der Waals surface area contributed by atoms with E-state index in [2.05, 4.69) is 5.32 Å². The van der Waals surface area contributed by atoms with E-state index in [-0.39, 0.29) is 12.2 Å². The molecule has 1 N–H and O–H groups in total. The van der Waals surface area contributed by atoms with Crippen LogP contribution in [0.4, 0.5) is 8.78 Å². The van der Waals surface area contributed by atoms with Gasteiger partial charge in [-0.15, -0.1) is 0 Å². The van der Waals surface area contributed by atoms with E-state index in [1.165, 1.54) is 6.07 Å². The van der Waals surface area contributed by atoms with E-state index in [0.717, 1.165) is 0 Å². The van der Waals surface area contributed by atoms with Gasteiger partial charge in [-0.3, -0.25) is 4.79 Å². The maximum Gasteiger partial charge on any atom is 0.255 e. The van der Waals surface area contributed by atoms with Gasteiger partial charge in [-0.25, -0.2) is 8.78 Å². The van der Waals surface area contributed by atoms with Crippen LogP contribution in [0.15, 0.2) is 24.3 Å². The molecule has 0 aliphatic carbocycles. The number of benzene rings is 1. The van der Waals surface area contributed by atoms with E-state index in [1.807, 2.05) is 13.8 Å². The Labute approximate surface area is 100 Å². The molecule has 1 aliphatic rings. The maximum absolute atomic E-state index is 13.4. The Morgan fingerprint density at radius 2 is 1.88 bits per heavy atom. The minimum Gasteiger partial charge on any atom is -0.347 e. The lowest BCUT2D eigenvalue weighted by Gasteiger charge is -2.25. The number of alkyl halides is 1. The van der Waals surface area contributed by atoms with Crippen molar-refractivity contribution in [3.63, 3.8) is 0 Å². The van der Waals surface area contributed by atoms with Gasteiger partial charge in [-0.2, -0.15) is 0 Å². The lowest BCUT2D eigenvalue weighted by Crippen LogP contribution is -2.40. The molecule has 17 heavy (non-hydrogen) atoms. The highest BCUT2D eigenvalue weighted by atomic mass is 19.1. The maximum atomic E-state index is 13.4. The molecule has 0 bridgehead atoms. The third kappa shape index (κ3) is 3.25. The molecule has 1 aliphatic heterocycles. The third-order valence-electron chi connectivity index (χ3n) is 2.59. The van der Waals surface area contributed by atoms with Gasteiger partial charge in [-0.1, -0.05) is 32.0 Å². The smallest absolute Gasteiger partial charge is 0.255 e. The molecule has 2 atom stereocenters. The molecular formula is C13H17F2NO. The van der Waals surface area contributed by atoms with Crippen molar-refractivity contribution in [3.05, 3.63) is 35.6 Å². The Hall–Kier alpha value is -1.45. The fourth-order valence-electron chi connectivity index (χ4n) is 1.77. The predicted molar refractivity (Wildman–Crippen MR) is 62.8 cm³/mol. The summed E-state index contributed by atoms with van der Waals surface area (Å²) in [5.41, 5.74) is 0.428. The van der Waals surface area contributed by atoms with Gasteiger partial charge >= 0.3 is 0 Å². The molecule has 0 radical (unpaired) electrons. The van der Waals surface area contributed by atoms with Crippen molar-refractivity contribution in [1.82, 2.24) is 5.32 Å². The number of nitrogens with one attached hydrogen (secondary N) is 1. The Bertz CT molecular complexity index is 381. The van der Waals surface area contributed by atoms with Crippen molar-refractivity contribution in [2.24, 2.45) is 0 Å². The first kappa shape index (κ1) is 13.6. The van der Waals surface area contributed by atoms with Crippen LogP contribution >= 0.6 is 0 Å². The second-order valence-corrected chi connectivity index (χ2v) is 3.63.